The quantitative estimate of drug-likeness (QED) is 0.339. The molecule has 8 heteroatoms. The summed E-state index contributed by atoms with van der Waals surface area (Å²) in [7, 11) is 0. The third kappa shape index (κ3) is 7.28. The molecule has 0 radical (unpaired) electrons. The van der Waals surface area contributed by atoms with E-state index in [4.69, 9.17) is 20.8 Å². The fourth-order valence-corrected chi connectivity index (χ4v) is 3.06. The standard InChI is InChI=1S/C16H18N2O4S.C4H11N/c1-9(2)8-22-13-5-4-11(6-12(13)7-17-21)15-18-10(3)14(23-15)16(19)20;1-2-3-4-5/h4-7,9,21H,8H2,1-3H3,(H,19,20);2-5H2,1H3/b17-7+;. The van der Waals surface area contributed by atoms with Crippen molar-refractivity contribution in [2.24, 2.45) is 16.8 Å². The van der Waals surface area contributed by atoms with Gasteiger partial charge in [-0.1, -0.05) is 32.3 Å². The average Bonchev–Trinajstić information content (AvgIpc) is 3.04. The smallest absolute Gasteiger partial charge is 0.347 e. The highest BCUT2D eigenvalue weighted by molar-refractivity contribution is 7.17. The van der Waals surface area contributed by atoms with Gasteiger partial charge in [-0.2, -0.15) is 0 Å². The number of carboxylic acid groups (broad SMARTS) is 1. The molecule has 2 aromatic rings. The molecule has 154 valence electrons. The van der Waals surface area contributed by atoms with Gasteiger partial charge in [0.25, 0.3) is 0 Å². The molecule has 7 nitrogen and oxygen atoms in total. The number of carboxylic acids is 1. The van der Waals surface area contributed by atoms with E-state index in [9.17, 15) is 4.79 Å². The third-order valence-electron chi connectivity index (χ3n) is 3.57. The van der Waals surface area contributed by atoms with E-state index in [1.807, 2.05) is 19.9 Å². The first kappa shape index (κ1) is 23.6. The fourth-order valence-electron chi connectivity index (χ4n) is 2.15. The van der Waals surface area contributed by atoms with E-state index in [-0.39, 0.29) is 4.88 Å². The molecule has 0 aliphatic rings. The van der Waals surface area contributed by atoms with E-state index in [2.05, 4.69) is 17.1 Å². The van der Waals surface area contributed by atoms with Gasteiger partial charge in [0.05, 0.1) is 18.5 Å². The highest BCUT2D eigenvalue weighted by Crippen LogP contribution is 2.31. The van der Waals surface area contributed by atoms with E-state index < -0.39 is 5.97 Å². The molecule has 0 aliphatic heterocycles. The number of aromatic carboxylic acids is 1. The van der Waals surface area contributed by atoms with Crippen molar-refractivity contribution in [1.29, 1.82) is 0 Å². The van der Waals surface area contributed by atoms with E-state index in [1.54, 1.807) is 19.1 Å². The fraction of sp³-hybridized carbons (Fsp3) is 0.450. The van der Waals surface area contributed by atoms with Crippen molar-refractivity contribution in [3.8, 4) is 16.3 Å². The van der Waals surface area contributed by atoms with Crippen molar-refractivity contribution >= 4 is 23.5 Å². The second-order valence-electron chi connectivity index (χ2n) is 6.58. The van der Waals surface area contributed by atoms with Gasteiger partial charge in [-0.15, -0.1) is 11.3 Å². The lowest BCUT2D eigenvalue weighted by molar-refractivity contribution is 0.0701. The van der Waals surface area contributed by atoms with E-state index in [1.165, 1.54) is 19.1 Å². The van der Waals surface area contributed by atoms with Crippen LogP contribution < -0.4 is 10.5 Å². The Morgan fingerprint density at radius 3 is 2.61 bits per heavy atom. The minimum atomic E-state index is -0.986. The predicted molar refractivity (Wildman–Crippen MR) is 113 cm³/mol. The van der Waals surface area contributed by atoms with Crippen LogP contribution in [0.15, 0.2) is 23.4 Å². The van der Waals surface area contributed by atoms with Crippen molar-refractivity contribution < 1.29 is 19.8 Å². The minimum Gasteiger partial charge on any atom is -0.493 e. The van der Waals surface area contributed by atoms with Gasteiger partial charge in [-0.25, -0.2) is 9.78 Å². The van der Waals surface area contributed by atoms with Crippen molar-refractivity contribution in [3.05, 3.63) is 34.3 Å². The van der Waals surface area contributed by atoms with Crippen LogP contribution in [-0.4, -0.2) is 40.6 Å². The zero-order chi connectivity index (χ0) is 21.1. The van der Waals surface area contributed by atoms with Crippen LogP contribution in [-0.2, 0) is 0 Å². The summed E-state index contributed by atoms with van der Waals surface area (Å²) in [6, 6.07) is 5.35. The summed E-state index contributed by atoms with van der Waals surface area (Å²) in [5, 5.41) is 21.6. The van der Waals surface area contributed by atoms with Crippen LogP contribution in [0.5, 0.6) is 5.75 Å². The number of rotatable bonds is 8. The molecule has 0 fully saturated rings. The maximum Gasteiger partial charge on any atom is 0.347 e. The number of hydrogen-bond donors (Lipinski definition) is 3. The van der Waals surface area contributed by atoms with Gasteiger partial charge in [0, 0.05) is 11.1 Å². The lowest BCUT2D eigenvalue weighted by Gasteiger charge is -2.11. The Labute approximate surface area is 169 Å². The number of benzene rings is 1. The number of ether oxygens (including phenoxy) is 1. The maximum atomic E-state index is 11.1. The van der Waals surface area contributed by atoms with Gasteiger partial charge in [0.1, 0.15) is 15.6 Å². The van der Waals surface area contributed by atoms with Gasteiger partial charge >= 0.3 is 5.97 Å². The molecule has 4 N–H and O–H groups in total. The first-order chi connectivity index (χ1) is 13.3. The van der Waals surface area contributed by atoms with Crippen LogP contribution >= 0.6 is 11.3 Å². The van der Waals surface area contributed by atoms with Gasteiger partial charge in [-0.3, -0.25) is 0 Å². The number of unbranched alkanes of at least 4 members (excludes halogenated alkanes) is 1. The summed E-state index contributed by atoms with van der Waals surface area (Å²) in [6.45, 7) is 9.27. The van der Waals surface area contributed by atoms with Crippen LogP contribution in [0.4, 0.5) is 0 Å². The monoisotopic (exact) mass is 407 g/mol. The van der Waals surface area contributed by atoms with E-state index >= 15 is 0 Å². The topological polar surface area (TPSA) is 118 Å². The number of thiazole rings is 1. The number of aromatic nitrogens is 1. The third-order valence-corrected chi connectivity index (χ3v) is 4.77. The van der Waals surface area contributed by atoms with E-state index in [0.717, 1.165) is 23.4 Å². The van der Waals surface area contributed by atoms with Crippen molar-refractivity contribution in [3.63, 3.8) is 0 Å². The van der Waals surface area contributed by atoms with Crippen LogP contribution in [0.1, 0.15) is 54.5 Å². The normalized spacial score (nSPS) is 10.8. The summed E-state index contributed by atoms with van der Waals surface area (Å²) in [4.78, 5) is 15.7. The minimum absolute atomic E-state index is 0.220. The van der Waals surface area contributed by atoms with Gasteiger partial charge in [0.15, 0.2) is 0 Å². The number of hydrogen-bond acceptors (Lipinski definition) is 7. The number of aryl methyl sites for hydroxylation is 1. The molecule has 0 spiro atoms. The largest absolute Gasteiger partial charge is 0.493 e. The average molecular weight is 408 g/mol. The summed E-state index contributed by atoms with van der Waals surface area (Å²) >= 11 is 1.11. The van der Waals surface area contributed by atoms with E-state index in [0.29, 0.717) is 34.5 Å². The van der Waals surface area contributed by atoms with Gasteiger partial charge in [-0.05, 0) is 44.0 Å². The molecule has 0 saturated carbocycles. The summed E-state index contributed by atoms with van der Waals surface area (Å²) in [5.41, 5.74) is 6.97. The van der Waals surface area contributed by atoms with Crippen LogP contribution in [0.2, 0.25) is 0 Å². The Kier molecular flexibility index (Phi) is 10.2. The van der Waals surface area contributed by atoms with Crippen molar-refractivity contribution in [2.45, 2.75) is 40.5 Å². The Bertz CT molecular complexity index is 786. The van der Waals surface area contributed by atoms with Gasteiger partial charge < -0.3 is 20.8 Å². The molecular formula is C20H29N3O4S. The molecule has 1 heterocycles. The predicted octanol–water partition coefficient (Wildman–Crippen LogP) is 4.40. The van der Waals surface area contributed by atoms with Crippen molar-refractivity contribution in [1.82, 2.24) is 4.98 Å². The molecule has 1 aromatic carbocycles. The second-order valence-corrected chi connectivity index (χ2v) is 7.58. The summed E-state index contributed by atoms with van der Waals surface area (Å²) in [5.74, 6) is -0.0133. The molecule has 1 aromatic heterocycles. The number of nitrogens with two attached hydrogens (primary N) is 1. The lowest BCUT2D eigenvalue weighted by atomic mass is 10.1. The summed E-state index contributed by atoms with van der Waals surface area (Å²) in [6.07, 6.45) is 3.67. The van der Waals surface area contributed by atoms with Crippen LogP contribution in [0, 0.1) is 12.8 Å². The lowest BCUT2D eigenvalue weighted by Crippen LogP contribution is -2.06. The molecule has 0 bridgehead atoms. The molecule has 0 saturated heterocycles. The van der Waals surface area contributed by atoms with Gasteiger partial charge in [0.2, 0.25) is 0 Å². The first-order valence-electron chi connectivity index (χ1n) is 9.19. The Morgan fingerprint density at radius 1 is 1.43 bits per heavy atom. The molecule has 28 heavy (non-hydrogen) atoms. The SMILES string of the molecule is CCCCN.Cc1nc(-c2ccc(OCC(C)C)c(/C=N/O)c2)sc1C(=O)O. The Morgan fingerprint density at radius 2 is 2.14 bits per heavy atom. The zero-order valence-corrected chi connectivity index (χ0v) is 17.6. The molecule has 0 unspecified atom stereocenters. The maximum absolute atomic E-state index is 11.1. The zero-order valence-electron chi connectivity index (χ0n) is 16.8. The van der Waals surface area contributed by atoms with Crippen LogP contribution in [0.3, 0.4) is 0 Å². The second kappa shape index (κ2) is 12.1. The molecule has 0 amide bonds. The Hall–Kier alpha value is -2.45. The van der Waals surface area contributed by atoms with Crippen LogP contribution in [0.25, 0.3) is 10.6 Å². The molecule has 0 aliphatic carbocycles. The number of oxime groups is 1. The first-order valence-corrected chi connectivity index (χ1v) is 10.0. The molecular weight excluding hydrogens is 378 g/mol. The van der Waals surface area contributed by atoms with Crippen molar-refractivity contribution in [2.75, 3.05) is 13.2 Å². The highest BCUT2D eigenvalue weighted by atomic mass is 32.1. The molecule has 0 atom stereocenters. The Balaban J connectivity index is 0.000000696. The highest BCUT2D eigenvalue weighted by Gasteiger charge is 2.16. The number of nitrogens with zero attached hydrogens (tertiary/aromatic N) is 2. The number of carbonyl (C=O) groups is 1. The molecule has 2 rings (SSSR count). The summed E-state index contributed by atoms with van der Waals surface area (Å²) < 4.78 is 5.70.